The second-order valence-corrected chi connectivity index (χ2v) is 3.52. The third-order valence-corrected chi connectivity index (χ3v) is 2.55. The molecular weight excluding hydrogens is 247 g/mol. The maximum Gasteiger partial charge on any atom is 0.165 e. The zero-order valence-electron chi connectivity index (χ0n) is 7.39. The summed E-state index contributed by atoms with van der Waals surface area (Å²) in [5.41, 5.74) is 0.347. The molecule has 0 bridgehead atoms. The van der Waals surface area contributed by atoms with Crippen LogP contribution in [0.15, 0.2) is 22.7 Å². The van der Waals surface area contributed by atoms with Crippen LogP contribution < -0.4 is 0 Å². The molecule has 1 aromatic rings. The van der Waals surface area contributed by atoms with Gasteiger partial charge >= 0.3 is 0 Å². The van der Waals surface area contributed by atoms with Crippen molar-refractivity contribution in [3.05, 3.63) is 34.1 Å². The van der Waals surface area contributed by atoms with Gasteiger partial charge in [0.1, 0.15) is 5.82 Å². The van der Waals surface area contributed by atoms with Crippen LogP contribution in [0.25, 0.3) is 0 Å². The van der Waals surface area contributed by atoms with Crippen LogP contribution >= 0.6 is 15.9 Å². The normalized spacial score (nSPS) is 9.50. The number of terminal acetylenes is 1. The van der Waals surface area contributed by atoms with Crippen molar-refractivity contribution in [2.75, 3.05) is 0 Å². The first kappa shape index (κ1) is 10.9. The number of rotatable bonds is 3. The number of ketones is 1. The molecule has 0 aliphatic rings. The van der Waals surface area contributed by atoms with Crippen molar-refractivity contribution in [1.29, 1.82) is 0 Å². The molecule has 0 aliphatic carbocycles. The van der Waals surface area contributed by atoms with E-state index in [0.29, 0.717) is 12.0 Å². The average molecular weight is 255 g/mol. The zero-order chi connectivity index (χ0) is 10.6. The SMILES string of the molecule is C#CCCC(=O)c1cccc(F)c1Br. The molecule has 1 nitrogen and oxygen atoms in total. The third-order valence-electron chi connectivity index (χ3n) is 1.75. The lowest BCUT2D eigenvalue weighted by Crippen LogP contribution is -2.00. The Hall–Kier alpha value is -1.14. The maximum atomic E-state index is 13.0. The largest absolute Gasteiger partial charge is 0.294 e. The second kappa shape index (κ2) is 4.92. The molecule has 1 aromatic carbocycles. The summed E-state index contributed by atoms with van der Waals surface area (Å²) in [6.07, 6.45) is 5.66. The van der Waals surface area contributed by atoms with Crippen LogP contribution in [0.3, 0.4) is 0 Å². The lowest BCUT2D eigenvalue weighted by atomic mass is 10.1. The molecule has 14 heavy (non-hydrogen) atoms. The summed E-state index contributed by atoms with van der Waals surface area (Å²) in [6.45, 7) is 0. The molecule has 0 saturated heterocycles. The lowest BCUT2D eigenvalue weighted by molar-refractivity contribution is 0.0983. The summed E-state index contributed by atoms with van der Waals surface area (Å²) in [5.74, 6) is 1.79. The van der Waals surface area contributed by atoms with E-state index in [1.165, 1.54) is 12.1 Å². The third kappa shape index (κ3) is 2.43. The Morgan fingerprint density at radius 2 is 2.29 bits per heavy atom. The number of Topliss-reactive ketones (excluding diaryl/α,β-unsaturated/α-hetero) is 1. The summed E-state index contributed by atoms with van der Waals surface area (Å²) >= 11 is 3.03. The summed E-state index contributed by atoms with van der Waals surface area (Å²) in [7, 11) is 0. The Bertz CT molecular complexity index is 393. The summed E-state index contributed by atoms with van der Waals surface area (Å²) in [6, 6.07) is 4.37. The molecule has 0 unspecified atom stereocenters. The van der Waals surface area contributed by atoms with Gasteiger partial charge in [0.05, 0.1) is 4.47 Å². The number of carbonyl (C=O) groups excluding carboxylic acids is 1. The van der Waals surface area contributed by atoms with E-state index in [1.54, 1.807) is 6.07 Å². The topological polar surface area (TPSA) is 17.1 Å². The highest BCUT2D eigenvalue weighted by Crippen LogP contribution is 2.21. The average Bonchev–Trinajstić information content (AvgIpc) is 2.18. The molecule has 1 rings (SSSR count). The van der Waals surface area contributed by atoms with Gasteiger partial charge in [-0.2, -0.15) is 0 Å². The fourth-order valence-corrected chi connectivity index (χ4v) is 1.52. The predicted molar refractivity (Wildman–Crippen MR) is 56.5 cm³/mol. The highest BCUT2D eigenvalue weighted by atomic mass is 79.9. The van der Waals surface area contributed by atoms with Crippen LogP contribution in [-0.4, -0.2) is 5.78 Å². The number of halogens is 2. The molecule has 72 valence electrons. The molecule has 0 aromatic heterocycles. The van der Waals surface area contributed by atoms with E-state index in [0.717, 1.165) is 0 Å². The Labute approximate surface area is 90.4 Å². The van der Waals surface area contributed by atoms with Gasteiger partial charge in [0.15, 0.2) is 5.78 Å². The van der Waals surface area contributed by atoms with E-state index in [1.807, 2.05) is 0 Å². The van der Waals surface area contributed by atoms with Gasteiger partial charge in [-0.3, -0.25) is 4.79 Å². The van der Waals surface area contributed by atoms with E-state index in [4.69, 9.17) is 6.42 Å². The van der Waals surface area contributed by atoms with Gasteiger partial charge in [-0.15, -0.1) is 12.3 Å². The molecule has 0 aliphatic heterocycles. The summed E-state index contributed by atoms with van der Waals surface area (Å²) in [4.78, 5) is 11.5. The van der Waals surface area contributed by atoms with Crippen molar-refractivity contribution in [2.45, 2.75) is 12.8 Å². The van der Waals surface area contributed by atoms with Crippen molar-refractivity contribution in [3.63, 3.8) is 0 Å². The van der Waals surface area contributed by atoms with Crippen molar-refractivity contribution >= 4 is 21.7 Å². The fraction of sp³-hybridized carbons (Fsp3) is 0.182. The molecular formula is C11H8BrFO. The van der Waals surface area contributed by atoms with Crippen LogP contribution in [0.1, 0.15) is 23.2 Å². The molecule has 0 radical (unpaired) electrons. The number of hydrogen-bond donors (Lipinski definition) is 0. The van der Waals surface area contributed by atoms with Gasteiger partial charge in [-0.1, -0.05) is 12.1 Å². The standard InChI is InChI=1S/C11H8BrFO/c1-2-3-7-10(14)8-5-4-6-9(13)11(8)12/h1,4-6H,3,7H2. The van der Waals surface area contributed by atoms with Crippen molar-refractivity contribution in [3.8, 4) is 12.3 Å². The van der Waals surface area contributed by atoms with Gasteiger partial charge < -0.3 is 0 Å². The van der Waals surface area contributed by atoms with Crippen LogP contribution in [0, 0.1) is 18.2 Å². The summed E-state index contributed by atoms with van der Waals surface area (Å²) in [5, 5.41) is 0. The quantitative estimate of drug-likeness (QED) is 0.598. The van der Waals surface area contributed by atoms with Crippen LogP contribution in [-0.2, 0) is 0 Å². The van der Waals surface area contributed by atoms with E-state index < -0.39 is 5.82 Å². The first-order chi connectivity index (χ1) is 6.66. The number of carbonyl (C=O) groups is 1. The molecule has 0 spiro atoms. The van der Waals surface area contributed by atoms with Crippen molar-refractivity contribution < 1.29 is 9.18 Å². The number of hydrogen-bond acceptors (Lipinski definition) is 1. The van der Waals surface area contributed by atoms with Gasteiger partial charge in [-0.25, -0.2) is 4.39 Å². The Morgan fingerprint density at radius 3 is 2.93 bits per heavy atom. The maximum absolute atomic E-state index is 13.0. The van der Waals surface area contributed by atoms with E-state index in [2.05, 4.69) is 21.9 Å². The Morgan fingerprint density at radius 1 is 1.57 bits per heavy atom. The second-order valence-electron chi connectivity index (χ2n) is 2.73. The molecule has 0 fully saturated rings. The van der Waals surface area contributed by atoms with Crippen LogP contribution in [0.4, 0.5) is 4.39 Å². The molecule has 0 heterocycles. The van der Waals surface area contributed by atoms with Crippen LogP contribution in [0.5, 0.6) is 0 Å². The first-order valence-corrected chi connectivity index (χ1v) is 4.86. The van der Waals surface area contributed by atoms with E-state index in [9.17, 15) is 9.18 Å². The van der Waals surface area contributed by atoms with E-state index in [-0.39, 0.29) is 16.7 Å². The van der Waals surface area contributed by atoms with Crippen LogP contribution in [0.2, 0.25) is 0 Å². The smallest absolute Gasteiger partial charge is 0.165 e. The van der Waals surface area contributed by atoms with Crippen molar-refractivity contribution in [2.24, 2.45) is 0 Å². The van der Waals surface area contributed by atoms with Gasteiger partial charge in [0, 0.05) is 18.4 Å². The summed E-state index contributed by atoms with van der Waals surface area (Å²) < 4.78 is 13.2. The Balaban J connectivity index is 2.91. The molecule has 0 saturated carbocycles. The zero-order valence-corrected chi connectivity index (χ0v) is 8.97. The molecule has 0 atom stereocenters. The predicted octanol–water partition coefficient (Wildman–Crippen LogP) is 3.18. The first-order valence-electron chi connectivity index (χ1n) is 4.07. The molecule has 3 heteroatoms. The highest BCUT2D eigenvalue weighted by molar-refractivity contribution is 9.10. The minimum atomic E-state index is -0.434. The van der Waals surface area contributed by atoms with Gasteiger partial charge in [-0.05, 0) is 22.0 Å². The van der Waals surface area contributed by atoms with Gasteiger partial charge in [0.25, 0.3) is 0 Å². The van der Waals surface area contributed by atoms with Gasteiger partial charge in [0.2, 0.25) is 0 Å². The molecule has 0 amide bonds. The minimum absolute atomic E-state index is 0.144. The van der Waals surface area contributed by atoms with Crippen molar-refractivity contribution in [1.82, 2.24) is 0 Å². The van der Waals surface area contributed by atoms with E-state index >= 15 is 0 Å². The Kier molecular flexibility index (Phi) is 3.84. The highest BCUT2D eigenvalue weighted by Gasteiger charge is 2.11. The monoisotopic (exact) mass is 254 g/mol. The number of benzene rings is 1. The lowest BCUT2D eigenvalue weighted by Gasteiger charge is -2.02. The fourth-order valence-electron chi connectivity index (χ4n) is 1.04. The molecule has 0 N–H and O–H groups in total. The minimum Gasteiger partial charge on any atom is -0.294 e.